The number of furan rings is 2. The summed E-state index contributed by atoms with van der Waals surface area (Å²) < 4.78 is 12.8. The van der Waals surface area contributed by atoms with Crippen molar-refractivity contribution in [2.45, 2.75) is 19.3 Å². The molecule has 2 nitrogen and oxygen atoms in total. The first-order chi connectivity index (χ1) is 26.0. The summed E-state index contributed by atoms with van der Waals surface area (Å²) >= 11 is 0. The van der Waals surface area contributed by atoms with Crippen molar-refractivity contribution in [3.63, 3.8) is 0 Å². The van der Waals surface area contributed by atoms with E-state index in [2.05, 4.69) is 159 Å². The molecule has 1 aliphatic rings. The van der Waals surface area contributed by atoms with Gasteiger partial charge in [0.1, 0.15) is 22.3 Å². The Morgan fingerprint density at radius 1 is 0.358 bits per heavy atom. The Kier molecular flexibility index (Phi) is 5.60. The maximum Gasteiger partial charge on any atom is 0.136 e. The SMILES string of the molecule is CC1(C)c2ccccc2-c2cc(-c3c4ccccc4c(-c4ccc5oc6cc7c(ccc8oc9ccccc9c87)cc6c5c4)c4ccccc34)ccc21. The molecular formula is C51H32O2. The average Bonchev–Trinajstić information content (AvgIpc) is 3.83. The van der Waals surface area contributed by atoms with Gasteiger partial charge in [-0.25, -0.2) is 0 Å². The number of hydrogen-bond acceptors (Lipinski definition) is 2. The summed E-state index contributed by atoms with van der Waals surface area (Å²) in [5.41, 5.74) is 14.0. The van der Waals surface area contributed by atoms with Crippen molar-refractivity contribution in [3.05, 3.63) is 169 Å². The molecule has 53 heavy (non-hydrogen) atoms. The van der Waals surface area contributed by atoms with Crippen molar-refractivity contribution < 1.29 is 8.83 Å². The van der Waals surface area contributed by atoms with Gasteiger partial charge in [0, 0.05) is 27.0 Å². The molecule has 0 unspecified atom stereocenters. The summed E-state index contributed by atoms with van der Waals surface area (Å²) in [6.45, 7) is 4.69. The minimum atomic E-state index is -0.0273. The monoisotopic (exact) mass is 676 g/mol. The third kappa shape index (κ3) is 3.87. The Morgan fingerprint density at radius 3 is 1.66 bits per heavy atom. The fraction of sp³-hybridized carbons (Fsp3) is 0.0588. The molecule has 0 atom stereocenters. The van der Waals surface area contributed by atoms with Crippen LogP contribution in [0.2, 0.25) is 0 Å². The van der Waals surface area contributed by atoms with E-state index in [-0.39, 0.29) is 5.41 Å². The van der Waals surface area contributed by atoms with Gasteiger partial charge in [-0.3, -0.25) is 0 Å². The molecule has 0 N–H and O–H groups in total. The highest BCUT2D eigenvalue weighted by molar-refractivity contribution is 6.24. The summed E-state index contributed by atoms with van der Waals surface area (Å²) in [7, 11) is 0. The molecule has 2 heteroatoms. The molecule has 12 rings (SSSR count). The van der Waals surface area contributed by atoms with Gasteiger partial charge in [0.25, 0.3) is 0 Å². The fourth-order valence-corrected chi connectivity index (χ4v) is 9.60. The molecule has 0 fully saturated rings. The predicted molar refractivity (Wildman–Crippen MR) is 222 cm³/mol. The molecule has 0 saturated heterocycles. The van der Waals surface area contributed by atoms with Crippen LogP contribution in [0.5, 0.6) is 0 Å². The topological polar surface area (TPSA) is 26.3 Å². The van der Waals surface area contributed by atoms with E-state index in [0.717, 1.165) is 49.3 Å². The van der Waals surface area contributed by atoms with E-state index >= 15 is 0 Å². The number of para-hydroxylation sites is 1. The quantitative estimate of drug-likeness (QED) is 0.170. The zero-order valence-electron chi connectivity index (χ0n) is 29.3. The number of fused-ring (bicyclic) bond motifs is 13. The van der Waals surface area contributed by atoms with Gasteiger partial charge in [0.15, 0.2) is 0 Å². The fourth-order valence-electron chi connectivity index (χ4n) is 9.60. The van der Waals surface area contributed by atoms with Crippen LogP contribution in [0.1, 0.15) is 25.0 Å². The Balaban J connectivity index is 1.09. The smallest absolute Gasteiger partial charge is 0.136 e. The first-order valence-electron chi connectivity index (χ1n) is 18.4. The minimum absolute atomic E-state index is 0.0273. The predicted octanol–water partition coefficient (Wildman–Crippen LogP) is 14.6. The van der Waals surface area contributed by atoms with Crippen molar-refractivity contribution in [2.24, 2.45) is 0 Å². The molecular weight excluding hydrogens is 645 g/mol. The minimum Gasteiger partial charge on any atom is -0.456 e. The molecule has 0 aliphatic heterocycles. The third-order valence-electron chi connectivity index (χ3n) is 12.0. The molecule has 0 amide bonds. The molecule has 0 bridgehead atoms. The van der Waals surface area contributed by atoms with Crippen LogP contribution in [0.25, 0.3) is 110 Å². The van der Waals surface area contributed by atoms with Gasteiger partial charge in [0.05, 0.1) is 0 Å². The van der Waals surface area contributed by atoms with E-state index in [1.807, 2.05) is 12.1 Å². The number of hydrogen-bond donors (Lipinski definition) is 0. The lowest BCUT2D eigenvalue weighted by Crippen LogP contribution is -2.14. The summed E-state index contributed by atoms with van der Waals surface area (Å²) in [5, 5.41) is 11.8. The normalized spacial score (nSPS) is 13.6. The first kappa shape index (κ1) is 29.0. The molecule has 2 heterocycles. The van der Waals surface area contributed by atoms with Crippen LogP contribution in [-0.2, 0) is 5.41 Å². The molecule has 1 aliphatic carbocycles. The molecule has 11 aromatic rings. The lowest BCUT2D eigenvalue weighted by atomic mass is 9.81. The second-order valence-electron chi connectivity index (χ2n) is 15.2. The number of benzene rings is 9. The molecule has 0 spiro atoms. The third-order valence-corrected chi connectivity index (χ3v) is 12.0. The van der Waals surface area contributed by atoms with Gasteiger partial charge in [-0.2, -0.15) is 0 Å². The van der Waals surface area contributed by atoms with Crippen LogP contribution >= 0.6 is 0 Å². The molecule has 2 aromatic heterocycles. The van der Waals surface area contributed by atoms with E-state index < -0.39 is 0 Å². The van der Waals surface area contributed by atoms with Crippen LogP contribution in [0.4, 0.5) is 0 Å². The maximum atomic E-state index is 6.59. The Morgan fingerprint density at radius 2 is 0.906 bits per heavy atom. The molecule has 9 aromatic carbocycles. The molecule has 248 valence electrons. The van der Waals surface area contributed by atoms with Gasteiger partial charge in [-0.05, 0) is 119 Å². The van der Waals surface area contributed by atoms with E-state index in [0.29, 0.717) is 0 Å². The van der Waals surface area contributed by atoms with E-state index in [4.69, 9.17) is 8.83 Å². The lowest BCUT2D eigenvalue weighted by molar-refractivity contribution is 0.660. The summed E-state index contributed by atoms with van der Waals surface area (Å²) in [6, 6.07) is 57.6. The number of rotatable bonds is 2. The van der Waals surface area contributed by atoms with Crippen molar-refractivity contribution >= 4 is 76.2 Å². The van der Waals surface area contributed by atoms with Crippen molar-refractivity contribution in [2.75, 3.05) is 0 Å². The maximum absolute atomic E-state index is 6.59. The van der Waals surface area contributed by atoms with Crippen molar-refractivity contribution in [1.82, 2.24) is 0 Å². The second kappa shape index (κ2) is 10.2. The van der Waals surface area contributed by atoms with Crippen LogP contribution in [0.15, 0.2) is 167 Å². The van der Waals surface area contributed by atoms with Gasteiger partial charge in [-0.1, -0.05) is 129 Å². The van der Waals surface area contributed by atoms with Crippen LogP contribution in [0, 0.1) is 0 Å². The summed E-state index contributed by atoms with van der Waals surface area (Å²) in [6.07, 6.45) is 0. The van der Waals surface area contributed by atoms with E-state index in [1.54, 1.807) is 0 Å². The average molecular weight is 677 g/mol. The van der Waals surface area contributed by atoms with Gasteiger partial charge in [-0.15, -0.1) is 0 Å². The zero-order chi connectivity index (χ0) is 35.0. The zero-order valence-corrected chi connectivity index (χ0v) is 29.3. The lowest BCUT2D eigenvalue weighted by Gasteiger charge is -2.22. The second-order valence-corrected chi connectivity index (χ2v) is 15.2. The first-order valence-corrected chi connectivity index (χ1v) is 18.4. The Labute approximate surface area is 305 Å². The Bertz CT molecular complexity index is 3310. The summed E-state index contributed by atoms with van der Waals surface area (Å²) in [4.78, 5) is 0. The highest BCUT2D eigenvalue weighted by Crippen LogP contribution is 2.51. The summed E-state index contributed by atoms with van der Waals surface area (Å²) in [5.74, 6) is 0. The highest BCUT2D eigenvalue weighted by atomic mass is 16.3. The highest BCUT2D eigenvalue weighted by Gasteiger charge is 2.35. The Hall–Kier alpha value is -6.64. The molecule has 0 radical (unpaired) electrons. The van der Waals surface area contributed by atoms with Gasteiger partial charge >= 0.3 is 0 Å². The largest absolute Gasteiger partial charge is 0.456 e. The van der Waals surface area contributed by atoms with Crippen molar-refractivity contribution in [3.8, 4) is 33.4 Å². The van der Waals surface area contributed by atoms with Gasteiger partial charge < -0.3 is 8.83 Å². The van der Waals surface area contributed by atoms with Crippen molar-refractivity contribution in [1.29, 1.82) is 0 Å². The molecule has 0 saturated carbocycles. The van der Waals surface area contributed by atoms with Crippen LogP contribution in [0.3, 0.4) is 0 Å². The van der Waals surface area contributed by atoms with E-state index in [1.165, 1.54) is 71.4 Å². The standard InChI is InChI=1S/C51H32O2/c1-51(2)42-17-9-7-11-32(42)39-26-30(19-22-43(39)51)48-33-12-3-5-14-35(33)49(36-15-6-4-13-34(36)48)31-21-23-45-40(27-31)41-25-29-20-24-46-50(38(29)28-47(41)53-45)37-16-8-10-18-44(37)52-46/h3-28H,1-2H3. The van der Waals surface area contributed by atoms with Crippen LogP contribution in [-0.4, -0.2) is 0 Å². The van der Waals surface area contributed by atoms with Gasteiger partial charge in [0.2, 0.25) is 0 Å². The van der Waals surface area contributed by atoms with Crippen LogP contribution < -0.4 is 0 Å². The van der Waals surface area contributed by atoms with E-state index in [9.17, 15) is 0 Å².